The number of hydrogen-bond acceptors (Lipinski definition) is 2. The van der Waals surface area contributed by atoms with Crippen LogP contribution in [-0.2, 0) is 4.79 Å². The summed E-state index contributed by atoms with van der Waals surface area (Å²) in [6.07, 6.45) is 9.33. The Balaban J connectivity index is 0.00000144. The molecule has 2 atom stereocenters. The van der Waals surface area contributed by atoms with Crippen LogP contribution in [0.25, 0.3) is 0 Å². The summed E-state index contributed by atoms with van der Waals surface area (Å²) in [4.78, 5) is 14.4. The van der Waals surface area contributed by atoms with E-state index in [-0.39, 0.29) is 24.4 Å². The Labute approximate surface area is 111 Å². The smallest absolute Gasteiger partial charge is 0.227 e. The van der Waals surface area contributed by atoms with E-state index in [9.17, 15) is 4.79 Å². The third-order valence-electron chi connectivity index (χ3n) is 4.05. The number of halogens is 1. The molecule has 0 radical (unpaired) electrons. The predicted molar refractivity (Wildman–Crippen MR) is 72.2 cm³/mol. The molecule has 0 aromatic rings. The number of carbonyl (C=O) groups excluding carboxylic acids is 1. The first-order valence-corrected chi connectivity index (χ1v) is 6.83. The van der Waals surface area contributed by atoms with Crippen molar-refractivity contribution in [1.82, 2.24) is 4.90 Å². The second-order valence-electron chi connectivity index (χ2n) is 5.29. The molecule has 0 aromatic heterocycles. The molecule has 2 fully saturated rings. The molecule has 0 spiro atoms. The molecule has 1 saturated carbocycles. The first-order valence-electron chi connectivity index (χ1n) is 6.83. The molecular formula is C13H25ClN2O. The van der Waals surface area contributed by atoms with E-state index >= 15 is 0 Å². The fourth-order valence-electron chi connectivity index (χ4n) is 2.99. The lowest BCUT2D eigenvalue weighted by atomic mass is 9.86. The van der Waals surface area contributed by atoms with Gasteiger partial charge in [0.25, 0.3) is 0 Å². The first kappa shape index (κ1) is 14.8. The molecular weight excluding hydrogens is 236 g/mol. The van der Waals surface area contributed by atoms with Gasteiger partial charge in [0.05, 0.1) is 5.92 Å². The van der Waals surface area contributed by atoms with E-state index in [1.165, 1.54) is 38.5 Å². The fourth-order valence-corrected chi connectivity index (χ4v) is 2.99. The van der Waals surface area contributed by atoms with Gasteiger partial charge in [-0.25, -0.2) is 0 Å². The van der Waals surface area contributed by atoms with Crippen LogP contribution < -0.4 is 5.73 Å². The van der Waals surface area contributed by atoms with Crippen molar-refractivity contribution in [2.24, 2.45) is 11.7 Å². The molecule has 1 aliphatic carbocycles. The van der Waals surface area contributed by atoms with Gasteiger partial charge in [-0.2, -0.15) is 0 Å². The van der Waals surface area contributed by atoms with Crippen molar-refractivity contribution in [2.45, 2.75) is 57.4 Å². The van der Waals surface area contributed by atoms with Crippen molar-refractivity contribution in [1.29, 1.82) is 0 Å². The van der Waals surface area contributed by atoms with E-state index in [1.54, 1.807) is 0 Å². The highest BCUT2D eigenvalue weighted by Gasteiger charge is 2.30. The van der Waals surface area contributed by atoms with Crippen LogP contribution in [-0.4, -0.2) is 29.9 Å². The van der Waals surface area contributed by atoms with Crippen molar-refractivity contribution in [2.75, 3.05) is 13.1 Å². The Morgan fingerprint density at radius 3 is 2.18 bits per heavy atom. The van der Waals surface area contributed by atoms with Crippen molar-refractivity contribution >= 4 is 18.3 Å². The van der Waals surface area contributed by atoms with Crippen LogP contribution in [0, 0.1) is 5.92 Å². The number of amides is 1. The SMILES string of the molecule is Cl.NC1CCCCCCC1C(=O)N1CCCC1. The van der Waals surface area contributed by atoms with Gasteiger partial charge in [0.1, 0.15) is 0 Å². The normalized spacial score (nSPS) is 30.3. The van der Waals surface area contributed by atoms with Gasteiger partial charge in [-0.1, -0.05) is 25.7 Å². The van der Waals surface area contributed by atoms with Gasteiger partial charge in [0.2, 0.25) is 5.91 Å². The van der Waals surface area contributed by atoms with E-state index in [0.29, 0.717) is 5.91 Å². The Bertz CT molecular complexity index is 242. The van der Waals surface area contributed by atoms with Crippen LogP contribution in [0.4, 0.5) is 0 Å². The molecule has 2 aliphatic rings. The summed E-state index contributed by atoms with van der Waals surface area (Å²) in [6, 6.07) is 0.105. The number of carbonyl (C=O) groups is 1. The maximum atomic E-state index is 12.3. The van der Waals surface area contributed by atoms with Gasteiger partial charge in [-0.15, -0.1) is 12.4 Å². The van der Waals surface area contributed by atoms with Gasteiger partial charge in [0.15, 0.2) is 0 Å². The molecule has 4 heteroatoms. The van der Waals surface area contributed by atoms with Gasteiger partial charge in [0, 0.05) is 19.1 Å². The topological polar surface area (TPSA) is 46.3 Å². The second-order valence-corrected chi connectivity index (χ2v) is 5.29. The highest BCUT2D eigenvalue weighted by atomic mass is 35.5. The summed E-state index contributed by atoms with van der Waals surface area (Å²) >= 11 is 0. The standard InChI is InChI=1S/C13H24N2O.ClH/c14-12-8-4-2-1-3-7-11(12)13(16)15-9-5-6-10-15;/h11-12H,1-10,14H2;1H. The zero-order chi connectivity index (χ0) is 11.4. The lowest BCUT2D eigenvalue weighted by Gasteiger charge is -2.29. The zero-order valence-corrected chi connectivity index (χ0v) is 11.4. The van der Waals surface area contributed by atoms with Crippen molar-refractivity contribution in [3.8, 4) is 0 Å². The van der Waals surface area contributed by atoms with Crippen LogP contribution >= 0.6 is 12.4 Å². The molecule has 1 amide bonds. The zero-order valence-electron chi connectivity index (χ0n) is 10.6. The van der Waals surface area contributed by atoms with E-state index in [1.807, 2.05) is 4.90 Å². The summed E-state index contributed by atoms with van der Waals surface area (Å²) in [5.74, 6) is 0.449. The number of nitrogens with two attached hydrogens (primary N) is 1. The highest BCUT2D eigenvalue weighted by molar-refractivity contribution is 5.85. The molecule has 0 aromatic carbocycles. The van der Waals surface area contributed by atoms with E-state index in [0.717, 1.165) is 25.9 Å². The van der Waals surface area contributed by atoms with Crippen LogP contribution in [0.2, 0.25) is 0 Å². The molecule has 17 heavy (non-hydrogen) atoms. The lowest BCUT2D eigenvalue weighted by molar-refractivity contribution is -0.135. The van der Waals surface area contributed by atoms with Crippen LogP contribution in [0.1, 0.15) is 51.4 Å². The molecule has 2 rings (SSSR count). The van der Waals surface area contributed by atoms with Crippen LogP contribution in [0.3, 0.4) is 0 Å². The molecule has 1 aliphatic heterocycles. The fraction of sp³-hybridized carbons (Fsp3) is 0.923. The Kier molecular flexibility index (Phi) is 6.28. The largest absolute Gasteiger partial charge is 0.342 e. The van der Waals surface area contributed by atoms with Crippen LogP contribution in [0.15, 0.2) is 0 Å². The number of nitrogens with zero attached hydrogens (tertiary/aromatic N) is 1. The molecule has 1 heterocycles. The van der Waals surface area contributed by atoms with Gasteiger partial charge in [-0.3, -0.25) is 4.79 Å². The molecule has 100 valence electrons. The van der Waals surface area contributed by atoms with E-state index in [4.69, 9.17) is 5.73 Å². The molecule has 3 nitrogen and oxygen atoms in total. The summed E-state index contributed by atoms with van der Waals surface area (Å²) < 4.78 is 0. The maximum Gasteiger partial charge on any atom is 0.227 e. The van der Waals surface area contributed by atoms with Crippen molar-refractivity contribution in [3.05, 3.63) is 0 Å². The summed E-state index contributed by atoms with van der Waals surface area (Å²) in [6.45, 7) is 1.92. The third kappa shape index (κ3) is 3.85. The number of likely N-dealkylation sites (tertiary alicyclic amines) is 1. The maximum absolute atomic E-state index is 12.3. The summed E-state index contributed by atoms with van der Waals surface area (Å²) in [5.41, 5.74) is 6.17. The van der Waals surface area contributed by atoms with Crippen LogP contribution in [0.5, 0.6) is 0 Å². The van der Waals surface area contributed by atoms with Gasteiger partial charge >= 0.3 is 0 Å². The monoisotopic (exact) mass is 260 g/mol. The lowest BCUT2D eigenvalue weighted by Crippen LogP contribution is -2.43. The molecule has 0 bridgehead atoms. The van der Waals surface area contributed by atoms with Gasteiger partial charge < -0.3 is 10.6 Å². The summed E-state index contributed by atoms with van der Waals surface area (Å²) in [7, 11) is 0. The molecule has 1 saturated heterocycles. The quantitative estimate of drug-likeness (QED) is 0.787. The van der Waals surface area contributed by atoms with E-state index < -0.39 is 0 Å². The average molecular weight is 261 g/mol. The Morgan fingerprint density at radius 1 is 0.941 bits per heavy atom. The molecule has 2 N–H and O–H groups in total. The third-order valence-corrected chi connectivity index (χ3v) is 4.05. The second kappa shape index (κ2) is 7.22. The van der Waals surface area contributed by atoms with E-state index in [2.05, 4.69) is 0 Å². The Hall–Kier alpha value is -0.280. The minimum atomic E-state index is 0. The highest BCUT2D eigenvalue weighted by Crippen LogP contribution is 2.24. The first-order chi connectivity index (χ1) is 7.79. The van der Waals surface area contributed by atoms with Crippen molar-refractivity contribution < 1.29 is 4.79 Å². The Morgan fingerprint density at radius 2 is 1.53 bits per heavy atom. The van der Waals surface area contributed by atoms with Gasteiger partial charge in [-0.05, 0) is 25.7 Å². The minimum absolute atomic E-state index is 0. The predicted octanol–water partition coefficient (Wildman–Crippen LogP) is 2.33. The number of hydrogen-bond donors (Lipinski definition) is 1. The average Bonchev–Trinajstić information content (AvgIpc) is 2.76. The molecule has 2 unspecified atom stereocenters. The minimum Gasteiger partial charge on any atom is -0.342 e. The number of rotatable bonds is 1. The summed E-state index contributed by atoms with van der Waals surface area (Å²) in [5, 5.41) is 0. The van der Waals surface area contributed by atoms with Crippen molar-refractivity contribution in [3.63, 3.8) is 0 Å².